The Morgan fingerprint density at radius 1 is 1.09 bits per heavy atom. The van der Waals surface area contributed by atoms with Gasteiger partial charge in [-0.1, -0.05) is 47.5 Å². The van der Waals surface area contributed by atoms with Crippen LogP contribution in [0, 0.1) is 17.0 Å². The summed E-state index contributed by atoms with van der Waals surface area (Å²) in [6, 6.07) is 14.6. The van der Waals surface area contributed by atoms with Gasteiger partial charge in [0.25, 0.3) is 5.69 Å². The lowest BCUT2D eigenvalue weighted by Crippen LogP contribution is -1.92. The van der Waals surface area contributed by atoms with Crippen LogP contribution in [0.15, 0.2) is 48.5 Å². The lowest BCUT2D eigenvalue weighted by molar-refractivity contribution is -0.385. The third-order valence-electron chi connectivity index (χ3n) is 3.53. The van der Waals surface area contributed by atoms with Gasteiger partial charge in [0.1, 0.15) is 5.15 Å². The molecule has 0 saturated carbocycles. The Hall–Kier alpha value is -2.72. The summed E-state index contributed by atoms with van der Waals surface area (Å²) < 4.78 is 0. The number of fused-ring (bicyclic) bond motifs is 1. The highest BCUT2D eigenvalue weighted by atomic mass is 35.5. The van der Waals surface area contributed by atoms with Crippen LogP contribution >= 0.6 is 11.6 Å². The van der Waals surface area contributed by atoms with Gasteiger partial charge in [0.2, 0.25) is 0 Å². The van der Waals surface area contributed by atoms with Crippen LogP contribution < -0.4 is 0 Å². The molecule has 0 fully saturated rings. The molecule has 0 atom stereocenters. The number of aromatic nitrogens is 1. The summed E-state index contributed by atoms with van der Waals surface area (Å²) in [6.07, 6.45) is 3.45. The minimum absolute atomic E-state index is 0.0664. The highest BCUT2D eigenvalue weighted by molar-refractivity contribution is 6.31. The molecule has 1 heterocycles. The standard InChI is InChI=1S/C18H13ClN2O2/c1-12-6-9-17(21(22)23)14(10-12)7-8-15-11-13-4-2-3-5-16(13)20-18(15)19/h2-11H,1H3/b8-7+. The van der Waals surface area contributed by atoms with Gasteiger partial charge in [-0.05, 0) is 31.2 Å². The van der Waals surface area contributed by atoms with E-state index >= 15 is 0 Å². The van der Waals surface area contributed by atoms with E-state index in [-0.39, 0.29) is 10.6 Å². The monoisotopic (exact) mass is 324 g/mol. The summed E-state index contributed by atoms with van der Waals surface area (Å²) in [7, 11) is 0. The topological polar surface area (TPSA) is 56.0 Å². The van der Waals surface area contributed by atoms with Crippen molar-refractivity contribution in [2.24, 2.45) is 0 Å². The Bertz CT molecular complexity index is 935. The summed E-state index contributed by atoms with van der Waals surface area (Å²) in [4.78, 5) is 15.1. The molecule has 3 aromatic rings. The van der Waals surface area contributed by atoms with Crippen molar-refractivity contribution in [1.82, 2.24) is 4.98 Å². The molecule has 3 rings (SSSR count). The first-order valence-corrected chi connectivity index (χ1v) is 7.41. The van der Waals surface area contributed by atoms with Gasteiger partial charge in [-0.25, -0.2) is 4.98 Å². The molecule has 0 amide bonds. The number of hydrogen-bond donors (Lipinski definition) is 0. The number of aryl methyl sites for hydroxylation is 1. The van der Waals surface area contributed by atoms with Crippen molar-refractivity contribution < 1.29 is 4.92 Å². The van der Waals surface area contributed by atoms with Crippen molar-refractivity contribution in [3.63, 3.8) is 0 Å². The number of nitrogens with zero attached hydrogens (tertiary/aromatic N) is 2. The van der Waals surface area contributed by atoms with Crippen LogP contribution in [0.1, 0.15) is 16.7 Å². The highest BCUT2D eigenvalue weighted by Gasteiger charge is 2.11. The minimum Gasteiger partial charge on any atom is -0.258 e. The first kappa shape index (κ1) is 15.2. The molecule has 2 aromatic carbocycles. The van der Waals surface area contributed by atoms with Gasteiger partial charge < -0.3 is 0 Å². The van der Waals surface area contributed by atoms with E-state index in [0.717, 1.165) is 22.0 Å². The van der Waals surface area contributed by atoms with Crippen molar-refractivity contribution in [1.29, 1.82) is 0 Å². The SMILES string of the molecule is Cc1ccc([N+](=O)[O-])c(/C=C/c2cc3ccccc3nc2Cl)c1. The maximum absolute atomic E-state index is 11.1. The van der Waals surface area contributed by atoms with Crippen LogP contribution in [0.4, 0.5) is 5.69 Å². The van der Waals surface area contributed by atoms with Gasteiger partial charge in [-0.2, -0.15) is 0 Å². The van der Waals surface area contributed by atoms with Crippen molar-refractivity contribution in [2.75, 3.05) is 0 Å². The number of nitro groups is 1. The smallest absolute Gasteiger partial charge is 0.258 e. The van der Waals surface area contributed by atoms with E-state index in [0.29, 0.717) is 10.7 Å². The van der Waals surface area contributed by atoms with E-state index in [9.17, 15) is 10.1 Å². The van der Waals surface area contributed by atoms with Crippen LogP contribution in [0.2, 0.25) is 5.15 Å². The molecule has 0 unspecified atom stereocenters. The van der Waals surface area contributed by atoms with Crippen LogP contribution in [-0.2, 0) is 0 Å². The van der Waals surface area contributed by atoms with Crippen LogP contribution in [0.3, 0.4) is 0 Å². The molecule has 0 spiro atoms. The lowest BCUT2D eigenvalue weighted by Gasteiger charge is -2.03. The molecule has 114 valence electrons. The lowest BCUT2D eigenvalue weighted by atomic mass is 10.1. The average Bonchev–Trinajstić information content (AvgIpc) is 2.52. The molecule has 23 heavy (non-hydrogen) atoms. The Morgan fingerprint density at radius 2 is 1.83 bits per heavy atom. The van der Waals surface area contributed by atoms with Gasteiger partial charge in [-0.15, -0.1) is 0 Å². The van der Waals surface area contributed by atoms with Gasteiger partial charge >= 0.3 is 0 Å². The fourth-order valence-corrected chi connectivity index (χ4v) is 2.59. The average molecular weight is 325 g/mol. The molecule has 4 nitrogen and oxygen atoms in total. The van der Waals surface area contributed by atoms with Crippen LogP contribution in [-0.4, -0.2) is 9.91 Å². The van der Waals surface area contributed by atoms with Crippen LogP contribution in [0.25, 0.3) is 23.1 Å². The predicted molar refractivity (Wildman–Crippen MR) is 93.5 cm³/mol. The normalized spacial score (nSPS) is 11.2. The third kappa shape index (κ3) is 3.22. The largest absolute Gasteiger partial charge is 0.276 e. The maximum atomic E-state index is 11.1. The first-order valence-electron chi connectivity index (χ1n) is 7.03. The molecule has 0 aliphatic carbocycles. The van der Waals surface area contributed by atoms with E-state index in [1.54, 1.807) is 24.3 Å². The van der Waals surface area contributed by atoms with Gasteiger partial charge in [0.05, 0.1) is 16.0 Å². The number of pyridine rings is 1. The Morgan fingerprint density at radius 3 is 2.61 bits per heavy atom. The number of benzene rings is 2. The number of hydrogen-bond acceptors (Lipinski definition) is 3. The fraction of sp³-hybridized carbons (Fsp3) is 0.0556. The first-order chi connectivity index (χ1) is 11.0. The van der Waals surface area contributed by atoms with Gasteiger partial charge in [0.15, 0.2) is 0 Å². The molecule has 0 bridgehead atoms. The summed E-state index contributed by atoms with van der Waals surface area (Å²) in [5.74, 6) is 0. The number of para-hydroxylation sites is 1. The third-order valence-corrected chi connectivity index (χ3v) is 3.83. The number of halogens is 1. The quantitative estimate of drug-likeness (QED) is 0.374. The van der Waals surface area contributed by atoms with E-state index in [1.807, 2.05) is 37.3 Å². The molecule has 5 heteroatoms. The van der Waals surface area contributed by atoms with Crippen molar-refractivity contribution in [3.05, 3.63) is 80.5 Å². The second kappa shape index (κ2) is 6.18. The van der Waals surface area contributed by atoms with Crippen molar-refractivity contribution in [2.45, 2.75) is 6.92 Å². The van der Waals surface area contributed by atoms with E-state index in [1.165, 1.54) is 6.07 Å². The summed E-state index contributed by atoms with van der Waals surface area (Å²) >= 11 is 6.21. The molecule has 0 radical (unpaired) electrons. The molecule has 0 aliphatic heterocycles. The van der Waals surface area contributed by atoms with E-state index in [4.69, 9.17) is 11.6 Å². The minimum atomic E-state index is -0.390. The number of rotatable bonds is 3. The zero-order valence-electron chi connectivity index (χ0n) is 12.4. The molecular formula is C18H13ClN2O2. The van der Waals surface area contributed by atoms with E-state index in [2.05, 4.69) is 4.98 Å². The van der Waals surface area contributed by atoms with Gasteiger partial charge in [0, 0.05) is 17.0 Å². The van der Waals surface area contributed by atoms with E-state index < -0.39 is 0 Å². The predicted octanol–water partition coefficient (Wildman–Crippen LogP) is 5.28. The van der Waals surface area contributed by atoms with Crippen molar-refractivity contribution >= 4 is 40.3 Å². The molecule has 0 saturated heterocycles. The Kier molecular flexibility index (Phi) is 4.08. The summed E-state index contributed by atoms with van der Waals surface area (Å²) in [5, 5.41) is 12.5. The molecule has 0 aliphatic rings. The van der Waals surface area contributed by atoms with Crippen molar-refractivity contribution in [3.8, 4) is 0 Å². The second-order valence-corrected chi connectivity index (χ2v) is 5.57. The second-order valence-electron chi connectivity index (χ2n) is 5.21. The zero-order valence-corrected chi connectivity index (χ0v) is 13.1. The zero-order chi connectivity index (χ0) is 16.4. The Labute approximate surface area is 138 Å². The summed E-state index contributed by atoms with van der Waals surface area (Å²) in [6.45, 7) is 1.89. The molecule has 1 aromatic heterocycles. The molecular weight excluding hydrogens is 312 g/mol. The van der Waals surface area contributed by atoms with Crippen LogP contribution in [0.5, 0.6) is 0 Å². The van der Waals surface area contributed by atoms with Gasteiger partial charge in [-0.3, -0.25) is 10.1 Å². The molecule has 0 N–H and O–H groups in total. The number of nitro benzene ring substituents is 1. The maximum Gasteiger partial charge on any atom is 0.276 e. The highest BCUT2D eigenvalue weighted by Crippen LogP contribution is 2.25. The fourth-order valence-electron chi connectivity index (χ4n) is 2.38. The Balaban J connectivity index is 2.05. The summed E-state index contributed by atoms with van der Waals surface area (Å²) in [5.41, 5.74) is 3.10.